The van der Waals surface area contributed by atoms with Crippen LogP contribution in [0.3, 0.4) is 0 Å². The fraction of sp³-hybridized carbons (Fsp3) is 0.312. The second kappa shape index (κ2) is 12.5. The Morgan fingerprint density at radius 2 is 1.77 bits per heavy atom. The van der Waals surface area contributed by atoms with Crippen LogP contribution in [0.1, 0.15) is 55.0 Å². The summed E-state index contributed by atoms with van der Waals surface area (Å²) in [5, 5.41) is 5.41. The highest BCUT2D eigenvalue weighted by Crippen LogP contribution is 2.29. The molecule has 2 aromatic carbocycles. The maximum atomic E-state index is 14.9. The van der Waals surface area contributed by atoms with Crippen LogP contribution in [0.15, 0.2) is 60.7 Å². The van der Waals surface area contributed by atoms with Gasteiger partial charge in [-0.2, -0.15) is 5.10 Å². The van der Waals surface area contributed by atoms with E-state index in [1.54, 1.807) is 62.6 Å². The van der Waals surface area contributed by atoms with Crippen LogP contribution in [0.5, 0.6) is 0 Å². The van der Waals surface area contributed by atoms with E-state index in [4.69, 9.17) is 11.6 Å². The molecule has 222 valence electrons. The molecule has 0 radical (unpaired) electrons. The summed E-state index contributed by atoms with van der Waals surface area (Å²) in [6, 6.07) is 11.1. The first-order valence-corrected chi connectivity index (χ1v) is 14.3. The van der Waals surface area contributed by atoms with E-state index in [2.05, 4.69) is 15.1 Å². The molecule has 3 heterocycles. The maximum absolute atomic E-state index is 14.9. The summed E-state index contributed by atoms with van der Waals surface area (Å²) in [6.45, 7) is 4.24. The van der Waals surface area contributed by atoms with Crippen molar-refractivity contribution in [3.05, 3.63) is 82.8 Å². The molecule has 0 saturated carbocycles. The van der Waals surface area contributed by atoms with Gasteiger partial charge in [-0.3, -0.25) is 19.1 Å². The Morgan fingerprint density at radius 1 is 1.02 bits per heavy atom. The highest BCUT2D eigenvalue weighted by atomic mass is 35.5. The molecule has 43 heavy (non-hydrogen) atoms. The van der Waals surface area contributed by atoms with E-state index in [1.165, 1.54) is 16.5 Å². The average Bonchev–Trinajstić information content (AvgIpc) is 3.56. The van der Waals surface area contributed by atoms with E-state index in [0.29, 0.717) is 32.9 Å². The Kier molecular flexibility index (Phi) is 8.77. The van der Waals surface area contributed by atoms with E-state index in [9.17, 15) is 23.2 Å². The van der Waals surface area contributed by atoms with Gasteiger partial charge in [-0.05, 0) is 54.8 Å². The molecule has 0 N–H and O–H groups in total. The number of benzene rings is 2. The van der Waals surface area contributed by atoms with Crippen LogP contribution < -0.4 is 0 Å². The van der Waals surface area contributed by atoms with Gasteiger partial charge in [0.25, 0.3) is 0 Å². The average molecular weight is 606 g/mol. The van der Waals surface area contributed by atoms with Crippen molar-refractivity contribution in [1.29, 1.82) is 0 Å². The molecule has 1 saturated heterocycles. The number of likely N-dealkylation sites (tertiary alicyclic amines) is 1. The number of halogens is 3. The van der Waals surface area contributed by atoms with Gasteiger partial charge in [-0.15, -0.1) is 0 Å². The minimum absolute atomic E-state index is 0.149. The monoisotopic (exact) mass is 605 g/mol. The van der Waals surface area contributed by atoms with Gasteiger partial charge in [0.1, 0.15) is 30.1 Å². The highest BCUT2D eigenvalue weighted by Gasteiger charge is 2.39. The Bertz CT molecular complexity index is 1750. The number of nitrogens with zero attached hydrogens (tertiary/aromatic N) is 5. The molecule has 1 amide bonds. The molecule has 0 bridgehead atoms. The number of alkyl halides is 1. The van der Waals surface area contributed by atoms with Gasteiger partial charge in [0.05, 0.1) is 18.1 Å². The summed E-state index contributed by atoms with van der Waals surface area (Å²) in [6.07, 6.45) is 1.48. The van der Waals surface area contributed by atoms with Crippen molar-refractivity contribution in [2.24, 2.45) is 0 Å². The van der Waals surface area contributed by atoms with E-state index in [-0.39, 0.29) is 43.8 Å². The predicted octanol–water partition coefficient (Wildman–Crippen LogP) is 6.35. The van der Waals surface area contributed by atoms with E-state index >= 15 is 0 Å². The smallest absolute Gasteiger partial charge is 0.245 e. The number of ketones is 2. The molecule has 8 nitrogen and oxygen atoms in total. The standard InChI is InChI=1S/C32H30ClF2N5O3/c1-18(21-5-4-6-24(33)11-21)27(35)8-10-30(42)29-13-25(34)16-39(29)31(43)17-40-28-9-7-22(23-14-36-20(3)37-15-23)12-26(28)32(38-40)19(2)41/h4-7,9,11-12,14-15,25,29H,8,10,13,16-17H2,1-3H3/b27-18+/t25-,29+/m1/s1. The number of aromatic nitrogens is 4. The number of amides is 1. The summed E-state index contributed by atoms with van der Waals surface area (Å²) < 4.78 is 30.9. The van der Waals surface area contributed by atoms with Crippen molar-refractivity contribution in [3.8, 4) is 11.1 Å². The topological polar surface area (TPSA) is 98.1 Å². The molecule has 4 aromatic rings. The zero-order chi connectivity index (χ0) is 30.8. The molecule has 2 atom stereocenters. The third kappa shape index (κ3) is 6.54. The van der Waals surface area contributed by atoms with Crippen molar-refractivity contribution in [1.82, 2.24) is 24.6 Å². The van der Waals surface area contributed by atoms with Crippen molar-refractivity contribution in [2.75, 3.05) is 6.54 Å². The quantitative estimate of drug-likeness (QED) is 0.206. The van der Waals surface area contributed by atoms with Crippen molar-refractivity contribution >= 4 is 45.6 Å². The number of carbonyl (C=O) groups excluding carboxylic acids is 3. The Balaban J connectivity index is 1.33. The number of rotatable bonds is 9. The van der Waals surface area contributed by atoms with Gasteiger partial charge in [-0.1, -0.05) is 29.8 Å². The molecular weight excluding hydrogens is 576 g/mol. The van der Waals surface area contributed by atoms with Crippen LogP contribution in [-0.4, -0.2) is 60.9 Å². The lowest BCUT2D eigenvalue weighted by atomic mass is 10.0. The number of aryl methyl sites for hydroxylation is 1. The maximum Gasteiger partial charge on any atom is 0.245 e. The zero-order valence-electron chi connectivity index (χ0n) is 24.0. The van der Waals surface area contributed by atoms with Crippen LogP contribution in [0.25, 0.3) is 27.6 Å². The van der Waals surface area contributed by atoms with Crippen molar-refractivity contribution < 1.29 is 23.2 Å². The Morgan fingerprint density at radius 3 is 2.47 bits per heavy atom. The van der Waals surface area contributed by atoms with Gasteiger partial charge < -0.3 is 4.90 Å². The molecule has 2 aromatic heterocycles. The predicted molar refractivity (Wildman–Crippen MR) is 160 cm³/mol. The summed E-state index contributed by atoms with van der Waals surface area (Å²) >= 11 is 6.01. The number of hydrogen-bond donors (Lipinski definition) is 0. The van der Waals surface area contributed by atoms with Crippen LogP contribution in [-0.2, 0) is 16.1 Å². The highest BCUT2D eigenvalue weighted by molar-refractivity contribution is 6.30. The number of allylic oxidation sites excluding steroid dienone is 2. The van der Waals surface area contributed by atoms with Gasteiger partial charge in [0.15, 0.2) is 11.6 Å². The number of carbonyl (C=O) groups is 3. The molecule has 0 spiro atoms. The minimum Gasteiger partial charge on any atom is -0.328 e. The first-order chi connectivity index (χ1) is 20.5. The Labute approximate surface area is 252 Å². The second-order valence-corrected chi connectivity index (χ2v) is 11.2. The molecular formula is C32H30ClF2N5O3. The molecule has 1 aliphatic heterocycles. The van der Waals surface area contributed by atoms with Crippen molar-refractivity contribution in [2.45, 2.75) is 58.8 Å². The van der Waals surface area contributed by atoms with Gasteiger partial charge >= 0.3 is 0 Å². The van der Waals surface area contributed by atoms with Crippen LogP contribution in [0, 0.1) is 6.92 Å². The van der Waals surface area contributed by atoms with E-state index in [0.717, 1.165) is 11.1 Å². The third-order valence-electron chi connectivity index (χ3n) is 7.68. The summed E-state index contributed by atoms with van der Waals surface area (Å²) in [5.74, 6) is -1.05. The normalized spacial score (nSPS) is 17.3. The largest absolute Gasteiger partial charge is 0.328 e. The lowest BCUT2D eigenvalue weighted by Gasteiger charge is -2.23. The lowest BCUT2D eigenvalue weighted by molar-refractivity contribution is -0.138. The van der Waals surface area contributed by atoms with Gasteiger partial charge in [-0.25, -0.2) is 18.7 Å². The fourth-order valence-electron chi connectivity index (χ4n) is 5.33. The summed E-state index contributed by atoms with van der Waals surface area (Å²) in [5.41, 5.74) is 3.23. The molecule has 0 aliphatic carbocycles. The molecule has 0 unspecified atom stereocenters. The summed E-state index contributed by atoms with van der Waals surface area (Å²) in [7, 11) is 0. The van der Waals surface area contributed by atoms with Gasteiger partial charge in [0, 0.05) is 54.6 Å². The minimum atomic E-state index is -1.38. The molecule has 1 aliphatic rings. The lowest BCUT2D eigenvalue weighted by Crippen LogP contribution is -2.42. The molecule has 5 rings (SSSR count). The Hall–Kier alpha value is -4.31. The number of hydrogen-bond acceptors (Lipinski definition) is 6. The number of Topliss-reactive ketones (excluding diaryl/α,β-unsaturated/α-hetero) is 2. The van der Waals surface area contributed by atoms with E-state index in [1.807, 2.05) is 6.07 Å². The molecule has 11 heteroatoms. The van der Waals surface area contributed by atoms with E-state index < -0.39 is 29.7 Å². The first kappa shape index (κ1) is 30.2. The van der Waals surface area contributed by atoms with Crippen molar-refractivity contribution in [3.63, 3.8) is 0 Å². The number of fused-ring (bicyclic) bond motifs is 1. The third-order valence-corrected chi connectivity index (χ3v) is 7.92. The fourth-order valence-corrected chi connectivity index (χ4v) is 5.52. The summed E-state index contributed by atoms with van der Waals surface area (Å²) in [4.78, 5) is 48.6. The van der Waals surface area contributed by atoms with Crippen LogP contribution >= 0.6 is 11.6 Å². The van der Waals surface area contributed by atoms with Crippen LogP contribution in [0.4, 0.5) is 8.78 Å². The SMILES string of the molecule is CC(=O)c1nn(CC(=O)N2C[C@H](F)C[C@H]2C(=O)CC/C(F)=C(/C)c2cccc(Cl)c2)c2ccc(-c3cnc(C)nc3)cc12. The first-order valence-electron chi connectivity index (χ1n) is 13.9. The molecule has 1 fully saturated rings. The van der Waals surface area contributed by atoms with Crippen LogP contribution in [0.2, 0.25) is 5.02 Å². The zero-order valence-corrected chi connectivity index (χ0v) is 24.7. The second-order valence-electron chi connectivity index (χ2n) is 10.7. The van der Waals surface area contributed by atoms with Gasteiger partial charge in [0.2, 0.25) is 5.91 Å².